The highest BCUT2D eigenvalue weighted by molar-refractivity contribution is 6.39. The van der Waals surface area contributed by atoms with Crippen molar-refractivity contribution >= 4 is 34.8 Å². The van der Waals surface area contributed by atoms with Crippen LogP contribution in [-0.2, 0) is 4.79 Å². The maximum atomic E-state index is 13.0. The molecule has 0 spiro atoms. The van der Waals surface area contributed by atoms with E-state index in [1.165, 1.54) is 0 Å². The van der Waals surface area contributed by atoms with Gasteiger partial charge in [-0.05, 0) is 25.1 Å². The summed E-state index contributed by atoms with van der Waals surface area (Å²) >= 11 is 11.7. The van der Waals surface area contributed by atoms with Crippen molar-refractivity contribution in [1.82, 2.24) is 5.32 Å². The number of nitrogens with one attached hydrogen (secondary N) is 2. The number of carbonyl (C=O) groups is 1. The van der Waals surface area contributed by atoms with Crippen LogP contribution in [0.25, 0.3) is 0 Å². The molecule has 0 atom stereocenters. The Morgan fingerprint density at radius 3 is 2.42 bits per heavy atom. The predicted molar refractivity (Wildman–Crippen MR) is 77.4 cm³/mol. The van der Waals surface area contributed by atoms with Crippen molar-refractivity contribution in [1.29, 1.82) is 0 Å². The second-order valence-corrected chi connectivity index (χ2v) is 5.32. The van der Waals surface area contributed by atoms with Gasteiger partial charge in [-0.3, -0.25) is 4.79 Å². The van der Waals surface area contributed by atoms with Crippen LogP contribution in [-0.4, -0.2) is 18.5 Å². The normalized spacial score (nSPS) is 10.8. The van der Waals surface area contributed by atoms with Crippen LogP contribution in [0.2, 0.25) is 10.0 Å². The zero-order chi connectivity index (χ0) is 14.4. The fourth-order valence-corrected chi connectivity index (χ4v) is 2.06. The zero-order valence-electron chi connectivity index (χ0n) is 10.9. The van der Waals surface area contributed by atoms with Crippen molar-refractivity contribution in [3.8, 4) is 0 Å². The number of amides is 1. The highest BCUT2D eigenvalue weighted by Crippen LogP contribution is 2.31. The van der Waals surface area contributed by atoms with Crippen LogP contribution < -0.4 is 10.6 Å². The van der Waals surface area contributed by atoms with Gasteiger partial charge in [0.15, 0.2) is 0 Å². The molecule has 1 aromatic carbocycles. The first-order valence-corrected chi connectivity index (χ1v) is 6.83. The zero-order valence-corrected chi connectivity index (χ0v) is 12.4. The molecule has 1 aromatic rings. The van der Waals surface area contributed by atoms with Crippen molar-refractivity contribution < 1.29 is 9.18 Å². The molecule has 0 unspecified atom stereocenters. The quantitative estimate of drug-likeness (QED) is 0.784. The molecular formula is C13H17Cl2FN2O. The van der Waals surface area contributed by atoms with Gasteiger partial charge in [0.05, 0.1) is 15.7 Å². The number of halogens is 3. The molecule has 0 saturated heterocycles. The first-order chi connectivity index (χ1) is 8.90. The standard InChI is InChI=1S/C13H17Cl2FN2O/c1-8(2)17-5-3-4-12(19)18-13-10(14)6-9(16)7-11(13)15/h6-8,17H,3-5H2,1-2H3,(H,18,19). The van der Waals surface area contributed by atoms with Gasteiger partial charge in [0.2, 0.25) is 5.91 Å². The number of hydrogen-bond donors (Lipinski definition) is 2. The van der Waals surface area contributed by atoms with Crippen molar-refractivity contribution in [2.24, 2.45) is 0 Å². The van der Waals surface area contributed by atoms with E-state index in [-0.39, 0.29) is 21.6 Å². The SMILES string of the molecule is CC(C)NCCCC(=O)Nc1c(Cl)cc(F)cc1Cl. The molecule has 0 fully saturated rings. The number of carbonyl (C=O) groups excluding carboxylic acids is 1. The summed E-state index contributed by atoms with van der Waals surface area (Å²) < 4.78 is 13.0. The van der Waals surface area contributed by atoms with Crippen molar-refractivity contribution in [2.45, 2.75) is 32.7 Å². The van der Waals surface area contributed by atoms with E-state index < -0.39 is 5.82 Å². The van der Waals surface area contributed by atoms with Gasteiger partial charge < -0.3 is 10.6 Å². The minimum absolute atomic E-state index is 0.0960. The maximum Gasteiger partial charge on any atom is 0.224 e. The van der Waals surface area contributed by atoms with E-state index in [2.05, 4.69) is 10.6 Å². The van der Waals surface area contributed by atoms with Crippen molar-refractivity contribution in [3.05, 3.63) is 28.0 Å². The lowest BCUT2D eigenvalue weighted by molar-refractivity contribution is -0.116. The minimum atomic E-state index is -0.533. The summed E-state index contributed by atoms with van der Waals surface area (Å²) in [6.45, 7) is 4.84. The second-order valence-electron chi connectivity index (χ2n) is 4.50. The monoisotopic (exact) mass is 306 g/mol. The second kappa shape index (κ2) is 7.68. The Hall–Kier alpha value is -0.840. The summed E-state index contributed by atoms with van der Waals surface area (Å²) in [6.07, 6.45) is 1.06. The maximum absolute atomic E-state index is 13.0. The Labute approximate surface area is 122 Å². The van der Waals surface area contributed by atoms with E-state index in [0.29, 0.717) is 18.9 Å². The molecule has 0 aliphatic rings. The van der Waals surface area contributed by atoms with E-state index >= 15 is 0 Å². The van der Waals surface area contributed by atoms with Crippen LogP contribution in [0.1, 0.15) is 26.7 Å². The largest absolute Gasteiger partial charge is 0.324 e. The van der Waals surface area contributed by atoms with E-state index in [1.54, 1.807) is 0 Å². The first kappa shape index (κ1) is 16.2. The third-order valence-electron chi connectivity index (χ3n) is 2.40. The molecule has 1 amide bonds. The van der Waals surface area contributed by atoms with Crippen LogP contribution in [0.15, 0.2) is 12.1 Å². The van der Waals surface area contributed by atoms with Gasteiger partial charge in [-0.1, -0.05) is 37.0 Å². The lowest BCUT2D eigenvalue weighted by Crippen LogP contribution is -2.24. The average Bonchev–Trinajstić information content (AvgIpc) is 2.29. The molecule has 0 aromatic heterocycles. The van der Waals surface area contributed by atoms with Gasteiger partial charge in [-0.25, -0.2) is 4.39 Å². The van der Waals surface area contributed by atoms with Gasteiger partial charge in [-0.2, -0.15) is 0 Å². The van der Waals surface area contributed by atoms with E-state index in [9.17, 15) is 9.18 Å². The lowest BCUT2D eigenvalue weighted by atomic mass is 10.2. The Kier molecular flexibility index (Phi) is 6.55. The van der Waals surface area contributed by atoms with Gasteiger partial charge in [0, 0.05) is 12.5 Å². The third-order valence-corrected chi connectivity index (χ3v) is 3.00. The van der Waals surface area contributed by atoms with Crippen molar-refractivity contribution in [3.63, 3.8) is 0 Å². The molecule has 0 radical (unpaired) electrons. The van der Waals surface area contributed by atoms with Crippen LogP contribution in [0, 0.1) is 5.82 Å². The highest BCUT2D eigenvalue weighted by Gasteiger charge is 2.11. The van der Waals surface area contributed by atoms with Gasteiger partial charge in [-0.15, -0.1) is 0 Å². The number of benzene rings is 1. The number of anilines is 1. The third kappa shape index (κ3) is 5.76. The highest BCUT2D eigenvalue weighted by atomic mass is 35.5. The fraction of sp³-hybridized carbons (Fsp3) is 0.462. The summed E-state index contributed by atoms with van der Waals surface area (Å²) in [7, 11) is 0. The van der Waals surface area contributed by atoms with Gasteiger partial charge in [0.25, 0.3) is 0 Å². The fourth-order valence-electron chi connectivity index (χ4n) is 1.50. The molecule has 0 aliphatic heterocycles. The molecule has 0 heterocycles. The summed E-state index contributed by atoms with van der Waals surface area (Å²) in [5.41, 5.74) is 0.256. The summed E-state index contributed by atoms with van der Waals surface area (Å²) in [4.78, 5) is 11.7. The molecular weight excluding hydrogens is 290 g/mol. The van der Waals surface area contributed by atoms with Gasteiger partial charge >= 0.3 is 0 Å². The smallest absolute Gasteiger partial charge is 0.224 e. The number of hydrogen-bond acceptors (Lipinski definition) is 2. The molecule has 0 aliphatic carbocycles. The summed E-state index contributed by atoms with van der Waals surface area (Å²) in [5, 5.41) is 6.00. The number of rotatable bonds is 6. The van der Waals surface area contributed by atoms with Crippen molar-refractivity contribution in [2.75, 3.05) is 11.9 Å². The van der Waals surface area contributed by atoms with Crippen LogP contribution in [0.3, 0.4) is 0 Å². The topological polar surface area (TPSA) is 41.1 Å². The Morgan fingerprint density at radius 1 is 1.32 bits per heavy atom. The van der Waals surface area contributed by atoms with E-state index in [4.69, 9.17) is 23.2 Å². The van der Waals surface area contributed by atoms with Gasteiger partial charge in [0.1, 0.15) is 5.82 Å². The lowest BCUT2D eigenvalue weighted by Gasteiger charge is -2.10. The van der Waals surface area contributed by atoms with E-state index in [0.717, 1.165) is 18.7 Å². The Balaban J connectivity index is 2.49. The Morgan fingerprint density at radius 2 is 1.89 bits per heavy atom. The molecule has 1 rings (SSSR count). The molecule has 19 heavy (non-hydrogen) atoms. The molecule has 0 saturated carbocycles. The predicted octanol–water partition coefficient (Wildman–Crippen LogP) is 3.85. The molecule has 3 nitrogen and oxygen atoms in total. The van der Waals surface area contributed by atoms with Crippen LogP contribution in [0.4, 0.5) is 10.1 Å². The minimum Gasteiger partial charge on any atom is -0.324 e. The molecule has 2 N–H and O–H groups in total. The molecule has 0 bridgehead atoms. The molecule has 6 heteroatoms. The van der Waals surface area contributed by atoms with Crippen LogP contribution >= 0.6 is 23.2 Å². The summed E-state index contributed by atoms with van der Waals surface area (Å²) in [5.74, 6) is -0.727. The summed E-state index contributed by atoms with van der Waals surface area (Å²) in [6, 6.07) is 2.62. The molecule has 106 valence electrons. The Bertz CT molecular complexity index is 429. The first-order valence-electron chi connectivity index (χ1n) is 6.08. The van der Waals surface area contributed by atoms with Crippen LogP contribution in [0.5, 0.6) is 0 Å². The van der Waals surface area contributed by atoms with E-state index in [1.807, 2.05) is 13.8 Å². The average molecular weight is 307 g/mol.